The maximum absolute atomic E-state index is 12.3. The van der Waals surface area contributed by atoms with Crippen molar-refractivity contribution in [3.63, 3.8) is 0 Å². The van der Waals surface area contributed by atoms with Gasteiger partial charge in [0.1, 0.15) is 6.61 Å². The smallest absolute Gasteiger partial charge is 0.414 e. The largest absolute Gasteiger partial charge is 0.447 e. The third-order valence-electron chi connectivity index (χ3n) is 3.90. The summed E-state index contributed by atoms with van der Waals surface area (Å²) in [6.07, 6.45) is -0.343. The van der Waals surface area contributed by atoms with Gasteiger partial charge in [-0.15, -0.1) is 0 Å². The first-order chi connectivity index (χ1) is 12.0. The normalized spacial score (nSPS) is 13.5. The number of benzene rings is 2. The second-order valence-electron chi connectivity index (χ2n) is 5.69. The topological polar surface area (TPSA) is 61.9 Å². The van der Waals surface area contributed by atoms with E-state index < -0.39 is 0 Å². The Hall–Kier alpha value is -2.54. The van der Waals surface area contributed by atoms with Gasteiger partial charge in [-0.25, -0.2) is 9.59 Å². The van der Waals surface area contributed by atoms with Crippen molar-refractivity contribution in [3.05, 3.63) is 58.6 Å². The Morgan fingerprint density at radius 2 is 1.96 bits per heavy atom. The third kappa shape index (κ3) is 4.11. The predicted octanol–water partition coefficient (Wildman–Crippen LogP) is 4.07. The second-order valence-corrected chi connectivity index (χ2v) is 6.54. The van der Waals surface area contributed by atoms with Crippen LogP contribution < -0.4 is 10.2 Å². The Labute approximate surface area is 154 Å². The highest BCUT2D eigenvalue weighted by molar-refractivity contribution is 9.10. The lowest BCUT2D eigenvalue weighted by Gasteiger charge is -2.19. The summed E-state index contributed by atoms with van der Waals surface area (Å²) in [7, 11) is 1.74. The number of cyclic esters (lactones) is 1. The molecule has 0 radical (unpaired) electrons. The molecule has 1 aliphatic rings. The van der Waals surface area contributed by atoms with Crippen LogP contribution in [0.15, 0.2) is 53.0 Å². The van der Waals surface area contributed by atoms with Crippen molar-refractivity contribution in [2.45, 2.75) is 6.54 Å². The van der Waals surface area contributed by atoms with E-state index in [2.05, 4.69) is 21.2 Å². The van der Waals surface area contributed by atoms with E-state index in [4.69, 9.17) is 4.74 Å². The van der Waals surface area contributed by atoms with E-state index >= 15 is 0 Å². The molecule has 0 atom stereocenters. The van der Waals surface area contributed by atoms with Gasteiger partial charge in [-0.3, -0.25) is 4.90 Å². The van der Waals surface area contributed by atoms with Crippen molar-refractivity contribution in [1.82, 2.24) is 4.90 Å². The van der Waals surface area contributed by atoms with E-state index in [9.17, 15) is 9.59 Å². The summed E-state index contributed by atoms with van der Waals surface area (Å²) >= 11 is 3.48. The van der Waals surface area contributed by atoms with Gasteiger partial charge >= 0.3 is 12.1 Å². The fourth-order valence-corrected chi connectivity index (χ4v) is 2.94. The first-order valence-electron chi connectivity index (χ1n) is 7.84. The molecule has 2 aromatic rings. The van der Waals surface area contributed by atoms with Crippen molar-refractivity contribution in [2.24, 2.45) is 0 Å². The summed E-state index contributed by atoms with van der Waals surface area (Å²) in [6.45, 7) is 1.43. The molecule has 0 unspecified atom stereocenters. The molecule has 1 aliphatic heterocycles. The van der Waals surface area contributed by atoms with Crippen LogP contribution in [0.2, 0.25) is 0 Å². The van der Waals surface area contributed by atoms with Gasteiger partial charge in [0.15, 0.2) is 0 Å². The molecule has 3 rings (SSSR count). The standard InChI is InChI=1S/C18H18BrN3O3/c1-21(12-13-4-2-3-5-16(13)19)17(23)20-14-6-8-15(9-7-14)22-10-11-25-18(22)24/h2-9H,10-12H2,1H3,(H,20,23). The fourth-order valence-electron chi connectivity index (χ4n) is 2.53. The molecule has 3 amide bonds. The summed E-state index contributed by atoms with van der Waals surface area (Å²) in [6, 6.07) is 14.7. The first kappa shape index (κ1) is 17.3. The van der Waals surface area contributed by atoms with Crippen molar-refractivity contribution in [3.8, 4) is 0 Å². The van der Waals surface area contributed by atoms with Crippen LogP contribution in [0.5, 0.6) is 0 Å². The van der Waals surface area contributed by atoms with Crippen LogP contribution in [-0.4, -0.2) is 37.2 Å². The number of urea groups is 1. The van der Waals surface area contributed by atoms with Crippen LogP contribution in [0.25, 0.3) is 0 Å². The molecule has 0 aromatic heterocycles. The molecule has 1 saturated heterocycles. The molecule has 1 heterocycles. The average Bonchev–Trinajstić information content (AvgIpc) is 3.03. The monoisotopic (exact) mass is 403 g/mol. The van der Waals surface area contributed by atoms with Gasteiger partial charge in [-0.2, -0.15) is 0 Å². The summed E-state index contributed by atoms with van der Waals surface area (Å²) in [4.78, 5) is 27.1. The average molecular weight is 404 g/mol. The zero-order valence-corrected chi connectivity index (χ0v) is 15.3. The molecule has 1 fully saturated rings. The summed E-state index contributed by atoms with van der Waals surface area (Å²) in [5.41, 5.74) is 2.45. The number of carbonyl (C=O) groups is 2. The molecule has 2 aromatic carbocycles. The van der Waals surface area contributed by atoms with E-state index in [1.807, 2.05) is 24.3 Å². The van der Waals surface area contributed by atoms with Crippen LogP contribution in [0, 0.1) is 0 Å². The molecular formula is C18H18BrN3O3. The van der Waals surface area contributed by atoms with Crippen LogP contribution in [0.3, 0.4) is 0 Å². The molecule has 6 nitrogen and oxygen atoms in total. The molecule has 1 N–H and O–H groups in total. The second kappa shape index (κ2) is 7.57. The first-order valence-corrected chi connectivity index (χ1v) is 8.64. The fraction of sp³-hybridized carbons (Fsp3) is 0.222. The Morgan fingerprint density at radius 3 is 2.60 bits per heavy atom. The van der Waals surface area contributed by atoms with Crippen LogP contribution in [0.4, 0.5) is 21.0 Å². The van der Waals surface area contributed by atoms with Gasteiger partial charge in [0.05, 0.1) is 6.54 Å². The predicted molar refractivity (Wildman–Crippen MR) is 99.8 cm³/mol. The lowest BCUT2D eigenvalue weighted by Crippen LogP contribution is -2.31. The molecule has 0 spiro atoms. The van der Waals surface area contributed by atoms with Gasteiger partial charge in [-0.05, 0) is 35.9 Å². The zero-order valence-electron chi connectivity index (χ0n) is 13.7. The van der Waals surface area contributed by atoms with Crippen LogP contribution in [0.1, 0.15) is 5.56 Å². The van der Waals surface area contributed by atoms with Crippen molar-refractivity contribution in [2.75, 3.05) is 30.4 Å². The minimum atomic E-state index is -0.343. The van der Waals surface area contributed by atoms with Crippen LogP contribution in [-0.2, 0) is 11.3 Å². The number of halogens is 1. The molecule has 25 heavy (non-hydrogen) atoms. The van der Waals surface area contributed by atoms with E-state index in [0.29, 0.717) is 25.4 Å². The summed E-state index contributed by atoms with van der Waals surface area (Å²) in [5.74, 6) is 0. The number of rotatable bonds is 4. The third-order valence-corrected chi connectivity index (χ3v) is 4.68. The van der Waals surface area contributed by atoms with Crippen molar-refractivity contribution < 1.29 is 14.3 Å². The molecule has 7 heteroatoms. The number of nitrogens with zero attached hydrogens (tertiary/aromatic N) is 2. The zero-order chi connectivity index (χ0) is 17.8. The quantitative estimate of drug-likeness (QED) is 0.836. The maximum Gasteiger partial charge on any atom is 0.414 e. The highest BCUT2D eigenvalue weighted by Crippen LogP contribution is 2.22. The van der Waals surface area contributed by atoms with Gasteiger partial charge in [0.25, 0.3) is 0 Å². The van der Waals surface area contributed by atoms with Gasteiger partial charge < -0.3 is 15.0 Å². The number of carbonyl (C=O) groups excluding carboxylic acids is 2. The van der Waals surface area contributed by atoms with E-state index in [1.165, 1.54) is 0 Å². The Kier molecular flexibility index (Phi) is 5.23. The van der Waals surface area contributed by atoms with Gasteiger partial charge in [0.2, 0.25) is 0 Å². The molecule has 130 valence electrons. The Morgan fingerprint density at radius 1 is 1.24 bits per heavy atom. The minimum absolute atomic E-state index is 0.205. The molecule has 0 saturated carbocycles. The summed E-state index contributed by atoms with van der Waals surface area (Å²) in [5, 5.41) is 2.85. The Bertz CT molecular complexity index is 779. The maximum atomic E-state index is 12.3. The minimum Gasteiger partial charge on any atom is -0.447 e. The molecular weight excluding hydrogens is 386 g/mol. The lowest BCUT2D eigenvalue weighted by atomic mass is 10.2. The van der Waals surface area contributed by atoms with Crippen molar-refractivity contribution in [1.29, 1.82) is 0 Å². The highest BCUT2D eigenvalue weighted by Gasteiger charge is 2.23. The van der Waals surface area contributed by atoms with E-state index in [1.54, 1.807) is 41.1 Å². The Balaban J connectivity index is 1.60. The number of nitrogens with one attached hydrogen (secondary N) is 1. The van der Waals surface area contributed by atoms with E-state index in [0.717, 1.165) is 15.7 Å². The van der Waals surface area contributed by atoms with E-state index in [-0.39, 0.29) is 12.1 Å². The SMILES string of the molecule is CN(Cc1ccccc1Br)C(=O)Nc1ccc(N2CCOC2=O)cc1. The number of ether oxygens (including phenoxy) is 1. The molecule has 0 aliphatic carbocycles. The number of amides is 3. The molecule has 0 bridgehead atoms. The summed E-state index contributed by atoms with van der Waals surface area (Å²) < 4.78 is 5.89. The number of anilines is 2. The number of hydrogen-bond donors (Lipinski definition) is 1. The van der Waals surface area contributed by atoms with Gasteiger partial charge in [0, 0.05) is 29.4 Å². The lowest BCUT2D eigenvalue weighted by molar-refractivity contribution is 0.181. The highest BCUT2D eigenvalue weighted by atomic mass is 79.9. The van der Waals surface area contributed by atoms with Crippen molar-refractivity contribution >= 4 is 39.4 Å². The van der Waals surface area contributed by atoms with Crippen LogP contribution >= 0.6 is 15.9 Å². The number of hydrogen-bond acceptors (Lipinski definition) is 3. The van der Waals surface area contributed by atoms with Gasteiger partial charge in [-0.1, -0.05) is 34.1 Å².